The summed E-state index contributed by atoms with van der Waals surface area (Å²) in [5.74, 6) is -0.574. The molecule has 0 atom stereocenters. The number of likely N-dealkylation sites (N-methyl/N-ethyl adjacent to an activating group) is 1. The molecule has 0 radical (unpaired) electrons. The molecule has 6 nitrogen and oxygen atoms in total. The molecule has 88 valence electrons. The number of oxazole rings is 1. The number of carboxylic acid groups (broad SMARTS) is 1. The Bertz CT molecular complexity index is 369. The van der Waals surface area contributed by atoms with Gasteiger partial charge in [-0.05, 0) is 7.05 Å². The largest absolute Gasteiger partial charge is 0.476 e. The summed E-state index contributed by atoms with van der Waals surface area (Å²) in [7, 11) is 2.09. The first kappa shape index (κ1) is 11.1. The highest BCUT2D eigenvalue weighted by Gasteiger charge is 2.17. The highest BCUT2D eigenvalue weighted by atomic mass is 16.4. The normalized spacial score (nSPS) is 18.8. The average Bonchev–Trinajstić information content (AvgIpc) is 2.70. The van der Waals surface area contributed by atoms with E-state index in [1.165, 1.54) is 6.26 Å². The van der Waals surface area contributed by atoms with Crippen molar-refractivity contribution in [3.05, 3.63) is 17.8 Å². The molecule has 6 heteroatoms. The maximum Gasteiger partial charge on any atom is 0.357 e. The highest BCUT2D eigenvalue weighted by molar-refractivity contribution is 5.84. The Kier molecular flexibility index (Phi) is 3.21. The second-order valence-electron chi connectivity index (χ2n) is 4.01. The van der Waals surface area contributed by atoms with E-state index < -0.39 is 5.97 Å². The van der Waals surface area contributed by atoms with E-state index >= 15 is 0 Å². The van der Waals surface area contributed by atoms with Crippen LogP contribution in [0, 0.1) is 0 Å². The lowest BCUT2D eigenvalue weighted by atomic mass is 10.3. The number of hydrogen-bond acceptors (Lipinski definition) is 5. The lowest BCUT2D eigenvalue weighted by Gasteiger charge is -2.31. The molecule has 1 aromatic heterocycles. The lowest BCUT2D eigenvalue weighted by molar-refractivity contribution is 0.0690. The predicted molar refractivity (Wildman–Crippen MR) is 56.2 cm³/mol. The van der Waals surface area contributed by atoms with Gasteiger partial charge in [-0.25, -0.2) is 9.78 Å². The quantitative estimate of drug-likeness (QED) is 0.788. The summed E-state index contributed by atoms with van der Waals surface area (Å²) < 4.78 is 5.11. The predicted octanol–water partition coefficient (Wildman–Crippen LogP) is 0.120. The summed E-state index contributed by atoms with van der Waals surface area (Å²) in [4.78, 5) is 19.0. The topological polar surface area (TPSA) is 69.8 Å². The van der Waals surface area contributed by atoms with Gasteiger partial charge in [0.2, 0.25) is 5.89 Å². The standard InChI is InChI=1S/C10H15N3O3/c1-12-2-4-13(5-3-12)6-9-11-8(7-16-9)10(14)15/h7H,2-6H2,1H3,(H,14,15). The summed E-state index contributed by atoms with van der Waals surface area (Å²) in [6.45, 7) is 4.54. The maximum absolute atomic E-state index is 10.6. The molecule has 0 bridgehead atoms. The molecule has 1 aliphatic heterocycles. The number of hydrogen-bond donors (Lipinski definition) is 1. The van der Waals surface area contributed by atoms with Crippen molar-refractivity contribution in [3.63, 3.8) is 0 Å². The van der Waals surface area contributed by atoms with Crippen molar-refractivity contribution in [3.8, 4) is 0 Å². The van der Waals surface area contributed by atoms with E-state index in [9.17, 15) is 4.79 Å². The average molecular weight is 225 g/mol. The summed E-state index contributed by atoms with van der Waals surface area (Å²) >= 11 is 0. The number of aromatic carboxylic acids is 1. The molecule has 1 N–H and O–H groups in total. The van der Waals surface area contributed by atoms with Crippen molar-refractivity contribution in [1.29, 1.82) is 0 Å². The first-order chi connectivity index (χ1) is 7.65. The van der Waals surface area contributed by atoms with E-state index in [0.29, 0.717) is 12.4 Å². The molecule has 1 fully saturated rings. The van der Waals surface area contributed by atoms with E-state index in [1.807, 2.05) is 0 Å². The van der Waals surface area contributed by atoms with Gasteiger partial charge in [0.25, 0.3) is 0 Å². The van der Waals surface area contributed by atoms with Crippen molar-refractivity contribution in [2.45, 2.75) is 6.54 Å². The van der Waals surface area contributed by atoms with Gasteiger partial charge in [0.1, 0.15) is 6.26 Å². The third-order valence-electron chi connectivity index (χ3n) is 2.73. The number of rotatable bonds is 3. The first-order valence-electron chi connectivity index (χ1n) is 5.24. The van der Waals surface area contributed by atoms with Gasteiger partial charge in [-0.2, -0.15) is 0 Å². The molecule has 0 amide bonds. The Morgan fingerprint density at radius 3 is 2.75 bits per heavy atom. The zero-order chi connectivity index (χ0) is 11.5. The van der Waals surface area contributed by atoms with E-state index in [-0.39, 0.29) is 5.69 Å². The second-order valence-corrected chi connectivity index (χ2v) is 4.01. The molecule has 2 rings (SSSR count). The fraction of sp³-hybridized carbons (Fsp3) is 0.600. The van der Waals surface area contributed by atoms with Crippen LogP contribution in [0.4, 0.5) is 0 Å². The van der Waals surface area contributed by atoms with Crippen LogP contribution in [0.25, 0.3) is 0 Å². The van der Waals surface area contributed by atoms with Crippen LogP contribution in [0.5, 0.6) is 0 Å². The van der Waals surface area contributed by atoms with E-state index in [1.54, 1.807) is 0 Å². The van der Waals surface area contributed by atoms with Gasteiger partial charge >= 0.3 is 5.97 Å². The van der Waals surface area contributed by atoms with Crippen molar-refractivity contribution in [1.82, 2.24) is 14.8 Å². The minimum Gasteiger partial charge on any atom is -0.476 e. The molecule has 0 unspecified atom stereocenters. The van der Waals surface area contributed by atoms with Crippen LogP contribution in [-0.2, 0) is 6.54 Å². The third kappa shape index (κ3) is 2.59. The van der Waals surface area contributed by atoms with Crippen molar-refractivity contribution in [2.75, 3.05) is 33.2 Å². The monoisotopic (exact) mass is 225 g/mol. The molecule has 0 saturated carbocycles. The van der Waals surface area contributed by atoms with Crippen molar-refractivity contribution < 1.29 is 14.3 Å². The summed E-state index contributed by atoms with van der Waals surface area (Å²) in [6.07, 6.45) is 1.19. The van der Waals surface area contributed by atoms with Crippen LogP contribution in [0.1, 0.15) is 16.4 Å². The Balaban J connectivity index is 1.91. The molecule has 0 spiro atoms. The van der Waals surface area contributed by atoms with Crippen LogP contribution in [0.15, 0.2) is 10.7 Å². The molecule has 1 aromatic rings. The number of piperazine rings is 1. The molecular weight excluding hydrogens is 210 g/mol. The van der Waals surface area contributed by atoms with Crippen LogP contribution in [0.2, 0.25) is 0 Å². The van der Waals surface area contributed by atoms with E-state index in [0.717, 1.165) is 26.2 Å². The SMILES string of the molecule is CN1CCN(Cc2nc(C(=O)O)co2)CC1. The van der Waals surface area contributed by atoms with E-state index in [4.69, 9.17) is 9.52 Å². The third-order valence-corrected chi connectivity index (χ3v) is 2.73. The Morgan fingerprint density at radius 2 is 2.19 bits per heavy atom. The Hall–Kier alpha value is -1.40. The molecule has 1 saturated heterocycles. The first-order valence-corrected chi connectivity index (χ1v) is 5.24. The molecule has 2 heterocycles. The van der Waals surface area contributed by atoms with Gasteiger partial charge in [0.15, 0.2) is 5.69 Å². The fourth-order valence-electron chi connectivity index (χ4n) is 1.68. The Morgan fingerprint density at radius 1 is 1.50 bits per heavy atom. The summed E-state index contributed by atoms with van der Waals surface area (Å²) in [5, 5.41) is 8.70. The Labute approximate surface area is 93.5 Å². The maximum atomic E-state index is 10.6. The zero-order valence-electron chi connectivity index (χ0n) is 9.22. The minimum atomic E-state index is -1.05. The van der Waals surface area contributed by atoms with Crippen molar-refractivity contribution >= 4 is 5.97 Å². The molecule has 0 aliphatic carbocycles. The summed E-state index contributed by atoms with van der Waals surface area (Å²) in [6, 6.07) is 0. The summed E-state index contributed by atoms with van der Waals surface area (Å²) in [5.41, 5.74) is -0.0240. The minimum absolute atomic E-state index is 0.0240. The molecule has 1 aliphatic rings. The van der Waals surface area contributed by atoms with Gasteiger partial charge in [-0.15, -0.1) is 0 Å². The van der Waals surface area contributed by atoms with Gasteiger partial charge < -0.3 is 14.4 Å². The van der Waals surface area contributed by atoms with Gasteiger partial charge in [-0.3, -0.25) is 4.90 Å². The molecule has 16 heavy (non-hydrogen) atoms. The highest BCUT2D eigenvalue weighted by Crippen LogP contribution is 2.08. The van der Waals surface area contributed by atoms with Gasteiger partial charge in [0.05, 0.1) is 6.54 Å². The van der Waals surface area contributed by atoms with Crippen LogP contribution in [0.3, 0.4) is 0 Å². The molecular formula is C10H15N3O3. The number of nitrogens with zero attached hydrogens (tertiary/aromatic N) is 3. The number of carboxylic acids is 1. The zero-order valence-corrected chi connectivity index (χ0v) is 9.22. The number of carbonyl (C=O) groups is 1. The van der Waals surface area contributed by atoms with Crippen LogP contribution >= 0.6 is 0 Å². The van der Waals surface area contributed by atoms with E-state index in [2.05, 4.69) is 21.8 Å². The van der Waals surface area contributed by atoms with Crippen LogP contribution in [-0.4, -0.2) is 59.1 Å². The van der Waals surface area contributed by atoms with Gasteiger partial charge in [-0.1, -0.05) is 0 Å². The lowest BCUT2D eigenvalue weighted by Crippen LogP contribution is -2.43. The smallest absolute Gasteiger partial charge is 0.357 e. The number of aromatic nitrogens is 1. The van der Waals surface area contributed by atoms with Crippen LogP contribution < -0.4 is 0 Å². The second kappa shape index (κ2) is 4.63. The van der Waals surface area contributed by atoms with Crippen molar-refractivity contribution in [2.24, 2.45) is 0 Å². The fourth-order valence-corrected chi connectivity index (χ4v) is 1.68. The van der Waals surface area contributed by atoms with Gasteiger partial charge in [0, 0.05) is 26.2 Å². The molecule has 0 aromatic carbocycles.